The number of carbonyl (C=O) groups is 1. The monoisotopic (exact) mass is 408 g/mol. The molecule has 0 aromatic heterocycles. The van der Waals surface area contributed by atoms with Crippen molar-refractivity contribution in [1.29, 1.82) is 5.26 Å². The maximum atomic E-state index is 11.8. The number of amides is 1. The first-order valence-electron chi connectivity index (χ1n) is 5.96. The van der Waals surface area contributed by atoms with Crippen molar-refractivity contribution in [3.63, 3.8) is 0 Å². The third-order valence-electron chi connectivity index (χ3n) is 2.56. The van der Waals surface area contributed by atoms with Gasteiger partial charge in [0.2, 0.25) is 0 Å². The molecular weight excluding hydrogens is 400 g/mol. The summed E-state index contributed by atoms with van der Waals surface area (Å²) >= 11 is 6.71. The third kappa shape index (κ3) is 4.59. The van der Waals surface area contributed by atoms with Gasteiger partial charge in [0.15, 0.2) is 6.61 Å². The molecule has 0 unspecified atom stereocenters. The second-order valence-corrected chi connectivity index (χ2v) is 5.87. The van der Waals surface area contributed by atoms with E-state index in [1.807, 2.05) is 18.2 Å². The molecule has 106 valence electrons. The Morgan fingerprint density at radius 3 is 2.57 bits per heavy atom. The zero-order valence-electron chi connectivity index (χ0n) is 10.8. The van der Waals surface area contributed by atoms with Crippen LogP contribution in [0, 0.1) is 11.3 Å². The molecule has 0 saturated heterocycles. The summed E-state index contributed by atoms with van der Waals surface area (Å²) < 4.78 is 7.02. The van der Waals surface area contributed by atoms with Crippen LogP contribution >= 0.6 is 31.9 Å². The Kier molecular flexibility index (Phi) is 5.37. The Morgan fingerprint density at radius 2 is 1.90 bits per heavy atom. The second-order valence-electron chi connectivity index (χ2n) is 4.10. The molecule has 0 radical (unpaired) electrons. The normalized spacial score (nSPS) is 9.76. The highest BCUT2D eigenvalue weighted by molar-refractivity contribution is 9.11. The molecule has 2 aromatic carbocycles. The van der Waals surface area contributed by atoms with Gasteiger partial charge in [-0.3, -0.25) is 4.79 Å². The number of rotatable bonds is 4. The molecule has 4 nitrogen and oxygen atoms in total. The van der Waals surface area contributed by atoms with Gasteiger partial charge in [0.25, 0.3) is 5.91 Å². The van der Waals surface area contributed by atoms with Crippen LogP contribution in [-0.2, 0) is 4.79 Å². The van der Waals surface area contributed by atoms with Gasteiger partial charge in [-0.15, -0.1) is 0 Å². The predicted molar refractivity (Wildman–Crippen MR) is 87.1 cm³/mol. The number of nitriles is 1. The van der Waals surface area contributed by atoms with E-state index in [0.29, 0.717) is 17.0 Å². The molecule has 2 rings (SSSR count). The highest BCUT2D eigenvalue weighted by Gasteiger charge is 2.07. The van der Waals surface area contributed by atoms with Crippen LogP contribution in [0.4, 0.5) is 5.69 Å². The van der Waals surface area contributed by atoms with Crippen LogP contribution < -0.4 is 10.1 Å². The summed E-state index contributed by atoms with van der Waals surface area (Å²) in [6, 6.07) is 14.1. The molecule has 0 fully saturated rings. The fourth-order valence-corrected chi connectivity index (χ4v) is 2.26. The summed E-state index contributed by atoms with van der Waals surface area (Å²) in [5.74, 6) is 0.274. The van der Waals surface area contributed by atoms with E-state index in [-0.39, 0.29) is 12.5 Å². The lowest BCUT2D eigenvalue weighted by molar-refractivity contribution is -0.118. The first kappa shape index (κ1) is 15.5. The number of nitrogens with one attached hydrogen (secondary N) is 1. The first-order valence-corrected chi connectivity index (χ1v) is 7.55. The van der Waals surface area contributed by atoms with Crippen LogP contribution in [0.5, 0.6) is 5.75 Å². The topological polar surface area (TPSA) is 62.1 Å². The van der Waals surface area contributed by atoms with E-state index in [1.54, 1.807) is 30.3 Å². The van der Waals surface area contributed by atoms with Gasteiger partial charge in [-0.25, -0.2) is 0 Å². The predicted octanol–water partition coefficient (Wildman–Crippen LogP) is 4.10. The number of carbonyl (C=O) groups excluding carboxylic acids is 1. The van der Waals surface area contributed by atoms with E-state index in [2.05, 4.69) is 37.2 Å². The van der Waals surface area contributed by atoms with Crippen molar-refractivity contribution in [3.8, 4) is 11.8 Å². The van der Waals surface area contributed by atoms with E-state index in [4.69, 9.17) is 10.00 Å². The van der Waals surface area contributed by atoms with Crippen molar-refractivity contribution < 1.29 is 9.53 Å². The molecule has 21 heavy (non-hydrogen) atoms. The molecule has 0 aliphatic heterocycles. The molecular formula is C15H10Br2N2O2. The van der Waals surface area contributed by atoms with Crippen molar-refractivity contribution in [2.75, 3.05) is 11.9 Å². The number of halogens is 2. The number of anilines is 1. The molecule has 0 heterocycles. The van der Waals surface area contributed by atoms with Gasteiger partial charge in [0.05, 0.1) is 17.3 Å². The minimum atomic E-state index is -0.266. The fourth-order valence-electron chi connectivity index (χ4n) is 1.55. The standard InChI is InChI=1S/C15H10Br2N2O2/c16-11-3-6-13(17)14(7-11)19-15(20)9-21-12-4-1-10(8-18)2-5-12/h1-7H,9H2,(H,19,20). The molecule has 0 aliphatic rings. The van der Waals surface area contributed by atoms with Crippen molar-refractivity contribution in [3.05, 3.63) is 57.0 Å². The lowest BCUT2D eigenvalue weighted by Crippen LogP contribution is -2.20. The van der Waals surface area contributed by atoms with Crippen LogP contribution in [0.15, 0.2) is 51.4 Å². The van der Waals surface area contributed by atoms with Crippen LogP contribution in [0.1, 0.15) is 5.56 Å². The van der Waals surface area contributed by atoms with Gasteiger partial charge in [-0.2, -0.15) is 5.26 Å². The SMILES string of the molecule is N#Cc1ccc(OCC(=O)Nc2cc(Br)ccc2Br)cc1. The molecule has 0 bridgehead atoms. The van der Waals surface area contributed by atoms with E-state index >= 15 is 0 Å². The highest BCUT2D eigenvalue weighted by atomic mass is 79.9. The third-order valence-corrected chi connectivity index (χ3v) is 3.74. The minimum Gasteiger partial charge on any atom is -0.484 e. The molecule has 6 heteroatoms. The average molecular weight is 410 g/mol. The van der Waals surface area contributed by atoms with Crippen molar-refractivity contribution in [1.82, 2.24) is 0 Å². The molecule has 0 atom stereocenters. The van der Waals surface area contributed by atoms with E-state index in [0.717, 1.165) is 8.95 Å². The van der Waals surface area contributed by atoms with Gasteiger partial charge < -0.3 is 10.1 Å². The summed E-state index contributed by atoms with van der Waals surface area (Å²) in [6.45, 7) is -0.106. The van der Waals surface area contributed by atoms with E-state index in [9.17, 15) is 4.79 Å². The summed E-state index contributed by atoms with van der Waals surface area (Å²) in [5, 5.41) is 11.4. The summed E-state index contributed by atoms with van der Waals surface area (Å²) in [6.07, 6.45) is 0. The quantitative estimate of drug-likeness (QED) is 0.826. The Labute approximate surface area is 139 Å². The lowest BCUT2D eigenvalue weighted by atomic mass is 10.2. The Hall–Kier alpha value is -1.84. The number of hydrogen-bond acceptors (Lipinski definition) is 3. The van der Waals surface area contributed by atoms with Crippen molar-refractivity contribution >= 4 is 43.5 Å². The minimum absolute atomic E-state index is 0.106. The molecule has 1 N–H and O–H groups in total. The zero-order valence-corrected chi connectivity index (χ0v) is 13.9. The van der Waals surface area contributed by atoms with Crippen LogP contribution in [0.2, 0.25) is 0 Å². The number of hydrogen-bond donors (Lipinski definition) is 1. The van der Waals surface area contributed by atoms with Gasteiger partial charge in [-0.1, -0.05) is 15.9 Å². The molecule has 0 saturated carbocycles. The Balaban J connectivity index is 1.92. The zero-order chi connectivity index (χ0) is 15.2. The largest absolute Gasteiger partial charge is 0.484 e. The number of benzene rings is 2. The van der Waals surface area contributed by atoms with Crippen molar-refractivity contribution in [2.24, 2.45) is 0 Å². The number of ether oxygens (including phenoxy) is 1. The van der Waals surface area contributed by atoms with Crippen LogP contribution in [0.3, 0.4) is 0 Å². The first-order chi connectivity index (χ1) is 10.1. The van der Waals surface area contributed by atoms with Gasteiger partial charge in [0, 0.05) is 8.95 Å². The number of nitrogens with zero attached hydrogens (tertiary/aromatic N) is 1. The average Bonchev–Trinajstić information content (AvgIpc) is 2.49. The Morgan fingerprint density at radius 1 is 1.19 bits per heavy atom. The summed E-state index contributed by atoms with van der Waals surface area (Å²) in [7, 11) is 0. The fraction of sp³-hybridized carbons (Fsp3) is 0.0667. The maximum absolute atomic E-state index is 11.8. The molecule has 0 spiro atoms. The molecule has 0 aliphatic carbocycles. The second kappa shape index (κ2) is 7.25. The van der Waals surface area contributed by atoms with Gasteiger partial charge in [0.1, 0.15) is 5.75 Å². The Bertz CT molecular complexity index is 694. The maximum Gasteiger partial charge on any atom is 0.262 e. The van der Waals surface area contributed by atoms with E-state index in [1.165, 1.54) is 0 Å². The smallest absolute Gasteiger partial charge is 0.262 e. The molecule has 1 amide bonds. The van der Waals surface area contributed by atoms with Gasteiger partial charge in [-0.05, 0) is 58.4 Å². The summed E-state index contributed by atoms with van der Waals surface area (Å²) in [5.41, 5.74) is 1.21. The van der Waals surface area contributed by atoms with E-state index < -0.39 is 0 Å². The van der Waals surface area contributed by atoms with Crippen molar-refractivity contribution in [2.45, 2.75) is 0 Å². The summed E-state index contributed by atoms with van der Waals surface area (Å²) in [4.78, 5) is 11.8. The molecule has 2 aromatic rings. The van der Waals surface area contributed by atoms with Crippen LogP contribution in [0.25, 0.3) is 0 Å². The van der Waals surface area contributed by atoms with Gasteiger partial charge >= 0.3 is 0 Å². The highest BCUT2D eigenvalue weighted by Crippen LogP contribution is 2.26. The lowest BCUT2D eigenvalue weighted by Gasteiger charge is -2.09. The van der Waals surface area contributed by atoms with Crippen LogP contribution in [-0.4, -0.2) is 12.5 Å².